The van der Waals surface area contributed by atoms with E-state index in [0.29, 0.717) is 23.2 Å². The molecule has 7 heteroatoms. The molecular formula is C24H22N2O4S. The van der Waals surface area contributed by atoms with Gasteiger partial charge in [-0.3, -0.25) is 4.72 Å². The molecule has 0 atom stereocenters. The molecule has 31 heavy (non-hydrogen) atoms. The van der Waals surface area contributed by atoms with Gasteiger partial charge < -0.3 is 9.73 Å². The van der Waals surface area contributed by atoms with E-state index in [0.717, 1.165) is 17.5 Å². The van der Waals surface area contributed by atoms with Crippen LogP contribution in [0.3, 0.4) is 0 Å². The number of nitrogens with one attached hydrogen (secondary N) is 2. The molecule has 0 amide bonds. The number of para-hydroxylation sites is 1. The van der Waals surface area contributed by atoms with E-state index in [-0.39, 0.29) is 10.6 Å². The van der Waals surface area contributed by atoms with E-state index in [9.17, 15) is 13.2 Å². The summed E-state index contributed by atoms with van der Waals surface area (Å²) in [5.74, 6) is 0. The Morgan fingerprint density at radius 1 is 0.806 bits per heavy atom. The number of hydrogen-bond donors (Lipinski definition) is 2. The van der Waals surface area contributed by atoms with Gasteiger partial charge in [0.15, 0.2) is 5.69 Å². The van der Waals surface area contributed by atoms with Gasteiger partial charge in [0.2, 0.25) is 0 Å². The average molecular weight is 435 g/mol. The highest BCUT2D eigenvalue weighted by molar-refractivity contribution is 7.92. The zero-order chi connectivity index (χ0) is 21.8. The Morgan fingerprint density at radius 3 is 2.19 bits per heavy atom. The minimum absolute atomic E-state index is 0.0752. The molecule has 1 aromatic heterocycles. The van der Waals surface area contributed by atoms with Gasteiger partial charge >= 0.3 is 5.63 Å². The normalized spacial score (nSPS) is 11.4. The zero-order valence-electron chi connectivity index (χ0n) is 17.0. The van der Waals surface area contributed by atoms with Crippen molar-refractivity contribution < 1.29 is 12.8 Å². The number of rotatable bonds is 7. The van der Waals surface area contributed by atoms with Crippen molar-refractivity contribution in [3.63, 3.8) is 0 Å². The summed E-state index contributed by atoms with van der Waals surface area (Å²) in [7, 11) is -3.98. The Bertz CT molecular complexity index is 1360. The Morgan fingerprint density at radius 2 is 1.48 bits per heavy atom. The molecule has 0 saturated heterocycles. The van der Waals surface area contributed by atoms with E-state index >= 15 is 0 Å². The van der Waals surface area contributed by atoms with Crippen LogP contribution in [0.1, 0.15) is 18.1 Å². The zero-order valence-corrected chi connectivity index (χ0v) is 17.8. The predicted molar refractivity (Wildman–Crippen MR) is 123 cm³/mol. The molecule has 6 nitrogen and oxygen atoms in total. The predicted octanol–water partition coefficient (Wildman–Crippen LogP) is 4.77. The number of fused-ring (bicyclic) bond motifs is 1. The summed E-state index contributed by atoms with van der Waals surface area (Å²) < 4.78 is 33.8. The second-order valence-electron chi connectivity index (χ2n) is 7.08. The Hall–Kier alpha value is -3.58. The fourth-order valence-electron chi connectivity index (χ4n) is 3.31. The first-order valence-electron chi connectivity index (χ1n) is 9.93. The van der Waals surface area contributed by atoms with Crippen molar-refractivity contribution in [1.29, 1.82) is 0 Å². The van der Waals surface area contributed by atoms with E-state index in [2.05, 4.69) is 10.0 Å². The third-order valence-electron chi connectivity index (χ3n) is 5.00. The lowest BCUT2D eigenvalue weighted by Gasteiger charge is -2.15. The number of anilines is 2. The van der Waals surface area contributed by atoms with Gasteiger partial charge in [0, 0.05) is 11.9 Å². The van der Waals surface area contributed by atoms with Crippen molar-refractivity contribution in [2.24, 2.45) is 0 Å². The van der Waals surface area contributed by atoms with Crippen LogP contribution in [0.2, 0.25) is 0 Å². The molecule has 0 fully saturated rings. The number of benzene rings is 3. The Balaban J connectivity index is 1.77. The van der Waals surface area contributed by atoms with E-state index in [4.69, 9.17) is 4.42 Å². The van der Waals surface area contributed by atoms with Crippen LogP contribution in [-0.4, -0.2) is 8.42 Å². The third kappa shape index (κ3) is 4.46. The quantitative estimate of drug-likeness (QED) is 0.409. The molecule has 4 aromatic rings. The first-order chi connectivity index (χ1) is 15.0. The summed E-state index contributed by atoms with van der Waals surface area (Å²) in [6.07, 6.45) is 0.801. The Labute approximate surface area is 180 Å². The van der Waals surface area contributed by atoms with Crippen LogP contribution in [0.5, 0.6) is 0 Å². The van der Waals surface area contributed by atoms with Crippen LogP contribution in [0.4, 0.5) is 11.4 Å². The molecule has 158 valence electrons. The van der Waals surface area contributed by atoms with Crippen LogP contribution < -0.4 is 15.7 Å². The van der Waals surface area contributed by atoms with Gasteiger partial charge in [-0.2, -0.15) is 0 Å². The first-order valence-corrected chi connectivity index (χ1v) is 11.4. The van der Waals surface area contributed by atoms with E-state index in [1.165, 1.54) is 12.1 Å². The van der Waals surface area contributed by atoms with Crippen molar-refractivity contribution in [3.05, 3.63) is 100 Å². The largest absolute Gasteiger partial charge is 0.421 e. The van der Waals surface area contributed by atoms with Crippen LogP contribution in [0.15, 0.2) is 93.0 Å². The lowest BCUT2D eigenvalue weighted by atomic mass is 10.1. The molecule has 0 radical (unpaired) electrons. The number of hydrogen-bond acceptors (Lipinski definition) is 5. The van der Waals surface area contributed by atoms with Crippen LogP contribution in [0, 0.1) is 0 Å². The Kier molecular flexibility index (Phi) is 5.77. The van der Waals surface area contributed by atoms with Crippen molar-refractivity contribution in [3.8, 4) is 0 Å². The monoisotopic (exact) mass is 434 g/mol. The van der Waals surface area contributed by atoms with Gasteiger partial charge in [-0.15, -0.1) is 0 Å². The average Bonchev–Trinajstić information content (AvgIpc) is 2.79. The SMILES string of the molecule is CCc1ccc(S(=O)(=O)Nc2c(NCc3ccccc3)c3ccccc3oc2=O)cc1. The smallest absolute Gasteiger partial charge is 0.363 e. The summed E-state index contributed by atoms with van der Waals surface area (Å²) >= 11 is 0. The third-order valence-corrected chi connectivity index (χ3v) is 6.37. The van der Waals surface area contributed by atoms with Crippen molar-refractivity contribution in [1.82, 2.24) is 0 Å². The summed E-state index contributed by atoms with van der Waals surface area (Å²) in [6, 6.07) is 23.2. The molecule has 0 bridgehead atoms. The lowest BCUT2D eigenvalue weighted by Crippen LogP contribution is -2.20. The molecule has 1 heterocycles. The van der Waals surface area contributed by atoms with Gasteiger partial charge in [-0.05, 0) is 41.8 Å². The molecule has 3 aromatic carbocycles. The second kappa shape index (κ2) is 8.65. The molecule has 0 spiro atoms. The molecule has 0 aliphatic carbocycles. The van der Waals surface area contributed by atoms with Crippen molar-refractivity contribution >= 4 is 32.4 Å². The number of aryl methyl sites for hydroxylation is 1. The highest BCUT2D eigenvalue weighted by atomic mass is 32.2. The maximum absolute atomic E-state index is 13.0. The van der Waals surface area contributed by atoms with Gasteiger partial charge in [0.1, 0.15) is 5.58 Å². The minimum Gasteiger partial charge on any atom is -0.421 e. The molecule has 0 unspecified atom stereocenters. The fourth-order valence-corrected chi connectivity index (χ4v) is 4.38. The maximum Gasteiger partial charge on any atom is 0.363 e. The van der Waals surface area contributed by atoms with E-state index < -0.39 is 15.6 Å². The second-order valence-corrected chi connectivity index (χ2v) is 8.76. The topological polar surface area (TPSA) is 88.4 Å². The van der Waals surface area contributed by atoms with Crippen molar-refractivity contribution in [2.45, 2.75) is 24.8 Å². The van der Waals surface area contributed by atoms with Crippen molar-refractivity contribution in [2.75, 3.05) is 10.0 Å². The van der Waals surface area contributed by atoms with E-state index in [1.54, 1.807) is 36.4 Å². The summed E-state index contributed by atoms with van der Waals surface area (Å²) in [6.45, 7) is 2.40. The minimum atomic E-state index is -3.98. The maximum atomic E-state index is 13.0. The fraction of sp³-hybridized carbons (Fsp3) is 0.125. The van der Waals surface area contributed by atoms with Crippen LogP contribution in [-0.2, 0) is 23.0 Å². The summed E-state index contributed by atoms with van der Waals surface area (Å²) in [4.78, 5) is 12.8. The van der Waals surface area contributed by atoms with Gasteiger partial charge in [-0.25, -0.2) is 13.2 Å². The lowest BCUT2D eigenvalue weighted by molar-refractivity contribution is 0.563. The molecule has 0 aliphatic heterocycles. The first kappa shape index (κ1) is 20.7. The summed E-state index contributed by atoms with van der Waals surface area (Å²) in [5.41, 5.74) is 1.86. The summed E-state index contributed by atoms with van der Waals surface area (Å²) in [5, 5.41) is 3.83. The molecule has 0 aliphatic rings. The standard InChI is InChI=1S/C24H22N2O4S/c1-2-17-12-14-19(15-13-17)31(28,29)26-23-22(25-16-18-8-4-3-5-9-18)20-10-6-7-11-21(20)30-24(23)27/h3-15,25-26H,2,16H2,1H3. The van der Waals surface area contributed by atoms with E-state index in [1.807, 2.05) is 37.3 Å². The highest BCUT2D eigenvalue weighted by Gasteiger charge is 2.21. The van der Waals surface area contributed by atoms with Gasteiger partial charge in [0.25, 0.3) is 10.0 Å². The van der Waals surface area contributed by atoms with Crippen LogP contribution in [0.25, 0.3) is 11.0 Å². The molecule has 0 saturated carbocycles. The number of sulfonamides is 1. The highest BCUT2D eigenvalue weighted by Crippen LogP contribution is 2.30. The molecule has 4 rings (SSSR count). The van der Waals surface area contributed by atoms with Gasteiger partial charge in [0.05, 0.1) is 10.6 Å². The molecule has 2 N–H and O–H groups in total. The van der Waals surface area contributed by atoms with Crippen LogP contribution >= 0.6 is 0 Å². The van der Waals surface area contributed by atoms with Gasteiger partial charge in [-0.1, -0.05) is 61.5 Å². The molecular weight excluding hydrogens is 412 g/mol.